The number of carbonyl (C=O) groups is 5. The molecule has 0 radical (unpaired) electrons. The third kappa shape index (κ3) is 27.1. The molecule has 0 aliphatic rings. The lowest BCUT2D eigenvalue weighted by atomic mass is 10.1. The number of furan rings is 5. The first-order valence-electron chi connectivity index (χ1n) is 42.3. The number of carbonyl (C=O) groups excluding carboxylic acids is 5. The van der Waals surface area contributed by atoms with E-state index in [1.165, 1.54) is 46.7 Å². The first-order chi connectivity index (χ1) is 61.6. The second-order valence-corrected chi connectivity index (χ2v) is 31.7. The number of aryl methyl sites for hydroxylation is 10. The highest BCUT2D eigenvalue weighted by molar-refractivity contribution is 7.98. The van der Waals surface area contributed by atoms with Gasteiger partial charge in [-0.2, -0.15) is 25.5 Å². The minimum atomic E-state index is -0.347. The Morgan fingerprint density at radius 2 is 0.562 bits per heavy atom. The van der Waals surface area contributed by atoms with Crippen LogP contribution in [0.3, 0.4) is 0 Å². The Labute approximate surface area is 750 Å². The van der Waals surface area contributed by atoms with Crippen molar-refractivity contribution in [1.29, 1.82) is 0 Å². The van der Waals surface area contributed by atoms with Gasteiger partial charge in [0.2, 0.25) is 0 Å². The van der Waals surface area contributed by atoms with Gasteiger partial charge in [-0.1, -0.05) is 133 Å². The summed E-state index contributed by atoms with van der Waals surface area (Å²) in [6.45, 7) is 30.4. The van der Waals surface area contributed by atoms with Gasteiger partial charge in [-0.15, -0.1) is 11.8 Å². The number of ether oxygens (including phenoxy) is 5. The SMILES string of the molecule is CCN(CC)CCOC(=O)Cn1nc(C)cc1-c1ccc(-c2cccc(C)c2)o1.CCOC(=O)Cn1nc(C)cc1-c1ccc(-c2cccc(C)c2)o1.COC(=O)Cn1nc(C)cc1-c1ccc(-c2cccc(C)c2)o1.CSCOC(=O)Cn1nc(C)cc1-c1ccc(-c2cccc(C)c2)o1.Cc1cccc(-c2ccc(-c3cc(C)nn3CC(=O)OCCN(C)C)o2)c1. The van der Waals surface area contributed by atoms with Crippen molar-refractivity contribution in [3.05, 3.63) is 269 Å². The molecule has 0 amide bonds. The van der Waals surface area contributed by atoms with Crippen LogP contribution in [-0.4, -0.2) is 168 Å². The lowest BCUT2D eigenvalue weighted by Gasteiger charge is -2.17. The standard InChI is InChI=1S/C23H29N3O3.C21H25N3O3.C19H20N2O3S.C19H20N2O3.C18H18N2O3/c1-5-25(6-2)12-13-28-23(27)16-26-20(15-18(4)24-26)22-11-10-21(29-22)19-9-7-8-17(3)14-19;1-15-6-5-7-17(12-15)19-8-9-20(27-19)18-13-16(2)22-24(18)14-21(25)26-11-10-23(3)4;1-13-5-4-6-15(9-13)17-7-8-18(24-17)16-10-14(2)20-21(16)11-19(22)23-12-25-3;1-4-23-19(22)12-21-16(11-14(3)20-21)18-9-8-17(24-18)15-7-5-6-13(2)10-15;1-12-5-4-6-14(9-12)16-7-8-17(23-16)15-10-13(2)19-20(15)11-18(21)22-3/h7-11,14-15H,5-6,12-13,16H2,1-4H3;5-9,12-13H,10-11,14H2,1-4H3;4-10H,11-12H2,1-3H3;5-11H,4,12H2,1-3H3;4-10H,11H2,1-3H3. The zero-order valence-corrected chi connectivity index (χ0v) is 76.6. The van der Waals surface area contributed by atoms with Gasteiger partial charge >= 0.3 is 29.8 Å². The Kier molecular flexibility index (Phi) is 34.0. The molecule has 15 aromatic rings. The van der Waals surface area contributed by atoms with E-state index in [4.69, 9.17) is 45.8 Å². The topological polar surface area (TPSA) is 293 Å². The molecular formula is C100H112N12O15S. The van der Waals surface area contributed by atoms with Crippen molar-refractivity contribution in [3.63, 3.8) is 0 Å². The molecular weight excluding hydrogens is 1640 g/mol. The first kappa shape index (κ1) is 94.8. The van der Waals surface area contributed by atoms with Crippen LogP contribution in [0.15, 0.2) is 234 Å². The summed E-state index contributed by atoms with van der Waals surface area (Å²) >= 11 is 1.46. The number of hydrogen-bond acceptors (Lipinski definition) is 23. The number of nitrogens with zero attached hydrogens (tertiary/aromatic N) is 12. The average molecular weight is 1750 g/mol. The largest absolute Gasteiger partial charge is 0.468 e. The maximum absolute atomic E-state index is 12.3. The van der Waals surface area contributed by atoms with Crippen LogP contribution in [0.4, 0.5) is 0 Å². The molecule has 0 spiro atoms. The smallest absolute Gasteiger partial charge is 0.328 e. The second kappa shape index (κ2) is 45.9. The van der Waals surface area contributed by atoms with Gasteiger partial charge < -0.3 is 55.6 Å². The van der Waals surface area contributed by atoms with Gasteiger partial charge in [-0.25, -0.2) is 0 Å². The van der Waals surface area contributed by atoms with Crippen LogP contribution in [0, 0.1) is 69.2 Å². The van der Waals surface area contributed by atoms with E-state index in [1.807, 2.05) is 263 Å². The molecule has 0 bridgehead atoms. The molecule has 0 saturated heterocycles. The fourth-order valence-electron chi connectivity index (χ4n) is 13.8. The van der Waals surface area contributed by atoms with Gasteiger partial charge in [0.25, 0.3) is 0 Å². The molecule has 28 heteroatoms. The molecule has 0 N–H and O–H groups in total. The van der Waals surface area contributed by atoms with E-state index >= 15 is 0 Å². The lowest BCUT2D eigenvalue weighted by molar-refractivity contribution is -0.145. The van der Waals surface area contributed by atoms with Crippen LogP contribution >= 0.6 is 11.8 Å². The molecule has 10 aromatic heterocycles. The summed E-state index contributed by atoms with van der Waals surface area (Å²) in [5, 5.41) is 21.9. The Balaban J connectivity index is 0.000000155. The quantitative estimate of drug-likeness (QED) is 0.0221. The van der Waals surface area contributed by atoms with Gasteiger partial charge in [0.05, 0.1) is 42.2 Å². The third-order valence-electron chi connectivity index (χ3n) is 19.9. The van der Waals surface area contributed by atoms with E-state index in [-0.39, 0.29) is 62.6 Å². The number of thioether (sulfide) groups is 1. The van der Waals surface area contributed by atoms with Crippen molar-refractivity contribution >= 4 is 41.6 Å². The fraction of sp³-hybridized carbons (Fsp3) is 0.300. The molecule has 5 aromatic carbocycles. The monoisotopic (exact) mass is 1750 g/mol. The van der Waals surface area contributed by atoms with Crippen LogP contribution in [-0.2, 0) is 80.4 Å². The van der Waals surface area contributed by atoms with Gasteiger partial charge in [-0.05, 0) is 231 Å². The van der Waals surface area contributed by atoms with Gasteiger partial charge in [0.1, 0.15) is 109 Å². The molecule has 0 atom stereocenters. The molecule has 668 valence electrons. The highest BCUT2D eigenvalue weighted by Gasteiger charge is 2.23. The molecule has 0 saturated carbocycles. The molecule has 0 unspecified atom stereocenters. The lowest BCUT2D eigenvalue weighted by Crippen LogP contribution is -2.28. The Bertz CT molecular complexity index is 6190. The third-order valence-corrected chi connectivity index (χ3v) is 20.3. The number of methoxy groups -OCH3 is 1. The van der Waals surface area contributed by atoms with E-state index in [0.717, 1.165) is 133 Å². The molecule has 128 heavy (non-hydrogen) atoms. The van der Waals surface area contributed by atoms with Crippen LogP contribution in [0.25, 0.3) is 114 Å². The van der Waals surface area contributed by atoms with Gasteiger partial charge in [0, 0.05) is 40.9 Å². The van der Waals surface area contributed by atoms with Crippen molar-refractivity contribution in [2.75, 3.05) is 79.4 Å². The molecule has 0 aliphatic heterocycles. The van der Waals surface area contributed by atoms with Crippen molar-refractivity contribution in [2.45, 2.75) is 123 Å². The summed E-state index contributed by atoms with van der Waals surface area (Å²) in [5.74, 6) is 6.06. The van der Waals surface area contributed by atoms with E-state index in [2.05, 4.69) is 87.6 Å². The highest BCUT2D eigenvalue weighted by Crippen LogP contribution is 2.36. The first-order valence-corrected chi connectivity index (χ1v) is 43.6. The van der Waals surface area contributed by atoms with E-state index in [0.29, 0.717) is 61.1 Å². The zero-order chi connectivity index (χ0) is 91.5. The summed E-state index contributed by atoms with van der Waals surface area (Å²) in [7, 11) is 5.23. The van der Waals surface area contributed by atoms with Crippen LogP contribution in [0.1, 0.15) is 77.1 Å². The minimum Gasteiger partial charge on any atom is -0.468 e. The summed E-state index contributed by atoms with van der Waals surface area (Å²) < 4.78 is 63.7. The van der Waals surface area contributed by atoms with E-state index in [1.54, 1.807) is 30.3 Å². The van der Waals surface area contributed by atoms with Crippen molar-refractivity contribution in [2.24, 2.45) is 0 Å². The maximum Gasteiger partial charge on any atom is 0.328 e. The molecule has 0 aliphatic carbocycles. The predicted octanol–water partition coefficient (Wildman–Crippen LogP) is 19.7. The Hall–Kier alpha value is -13.8. The number of benzene rings is 5. The average Bonchev–Trinajstić information content (AvgIpc) is 1.68. The number of likely N-dealkylation sites (N-methyl/N-ethyl adjacent to an activating group) is 2. The summed E-state index contributed by atoms with van der Waals surface area (Å²) in [6, 6.07) is 69.4. The normalized spacial score (nSPS) is 11.0. The van der Waals surface area contributed by atoms with Gasteiger partial charge in [-0.3, -0.25) is 47.4 Å². The van der Waals surface area contributed by atoms with Crippen molar-refractivity contribution in [3.8, 4) is 114 Å². The Morgan fingerprint density at radius 3 is 0.797 bits per heavy atom. The summed E-state index contributed by atoms with van der Waals surface area (Å²) in [5.41, 5.74) is 18.9. The van der Waals surface area contributed by atoms with Crippen molar-refractivity contribution < 1.29 is 69.7 Å². The second-order valence-electron chi connectivity index (χ2n) is 30.9. The number of esters is 5. The highest BCUT2D eigenvalue weighted by atomic mass is 32.2. The van der Waals surface area contributed by atoms with Crippen molar-refractivity contribution in [1.82, 2.24) is 58.7 Å². The maximum atomic E-state index is 12.3. The molecule has 0 fully saturated rings. The molecule has 15 rings (SSSR count). The predicted molar refractivity (Wildman–Crippen MR) is 496 cm³/mol. The Morgan fingerprint density at radius 1 is 0.320 bits per heavy atom. The zero-order valence-electron chi connectivity index (χ0n) is 75.8. The molecule has 27 nitrogen and oxygen atoms in total. The van der Waals surface area contributed by atoms with Gasteiger partial charge in [0.15, 0.2) is 28.8 Å². The van der Waals surface area contributed by atoms with Crippen LogP contribution < -0.4 is 0 Å². The summed E-state index contributed by atoms with van der Waals surface area (Å²) in [4.78, 5) is 63.8. The van der Waals surface area contributed by atoms with E-state index in [9.17, 15) is 24.0 Å². The minimum absolute atomic E-state index is 0.0527. The summed E-state index contributed by atoms with van der Waals surface area (Å²) in [6.07, 6.45) is 1.88. The number of rotatable bonds is 31. The fourth-order valence-corrected chi connectivity index (χ4v) is 14.0. The van der Waals surface area contributed by atoms with E-state index < -0.39 is 0 Å². The molecule has 10 heterocycles. The number of hydrogen-bond donors (Lipinski definition) is 0. The van der Waals surface area contributed by atoms with Crippen LogP contribution in [0.2, 0.25) is 0 Å². The van der Waals surface area contributed by atoms with Crippen LogP contribution in [0.5, 0.6) is 0 Å². The number of aromatic nitrogens is 10.